The first kappa shape index (κ1) is 15.9. The summed E-state index contributed by atoms with van der Waals surface area (Å²) in [6, 6.07) is 23.0. The molecule has 0 radical (unpaired) electrons. The average molecular weight is 318 g/mol. The van der Waals surface area contributed by atoms with E-state index in [9.17, 15) is 4.79 Å². The molecule has 0 aliphatic heterocycles. The smallest absolute Gasteiger partial charge is 0.259 e. The third-order valence-electron chi connectivity index (χ3n) is 3.71. The molecule has 4 heteroatoms. The van der Waals surface area contributed by atoms with Crippen LogP contribution in [-0.4, -0.2) is 18.0 Å². The van der Waals surface area contributed by atoms with Crippen LogP contribution in [0, 0.1) is 0 Å². The molecule has 3 rings (SSSR count). The average Bonchev–Trinajstić information content (AvgIpc) is 2.64. The molecule has 3 aromatic rings. The summed E-state index contributed by atoms with van der Waals surface area (Å²) in [6.45, 7) is 0. The molecule has 1 amide bonds. The van der Waals surface area contributed by atoms with Gasteiger partial charge in [0.25, 0.3) is 5.91 Å². The number of methoxy groups -OCH3 is 1. The topological polar surface area (TPSA) is 51.2 Å². The second kappa shape index (κ2) is 7.53. The van der Waals surface area contributed by atoms with Crippen molar-refractivity contribution >= 4 is 11.7 Å². The Morgan fingerprint density at radius 1 is 0.958 bits per heavy atom. The van der Waals surface area contributed by atoms with E-state index in [4.69, 9.17) is 4.74 Å². The fourth-order valence-electron chi connectivity index (χ4n) is 2.56. The van der Waals surface area contributed by atoms with E-state index in [0.29, 0.717) is 5.82 Å². The highest BCUT2D eigenvalue weighted by atomic mass is 16.5. The second-order valence-electron chi connectivity index (χ2n) is 5.28. The molecule has 1 aromatic heterocycles. The van der Waals surface area contributed by atoms with Gasteiger partial charge in [-0.3, -0.25) is 4.79 Å². The van der Waals surface area contributed by atoms with E-state index in [1.165, 1.54) is 7.11 Å². The van der Waals surface area contributed by atoms with E-state index in [1.807, 2.05) is 72.8 Å². The standard InChI is InChI=1S/C20H18N2O2/c1-24-18(16-11-6-3-7-12-16)20(23)22-19-17(13-8-14-21-19)15-9-4-2-5-10-15/h2-14,18H,1H3,(H,21,22,23)/t18-/m0/s1. The van der Waals surface area contributed by atoms with E-state index in [2.05, 4.69) is 10.3 Å². The lowest BCUT2D eigenvalue weighted by Gasteiger charge is -2.16. The molecular formula is C20H18N2O2. The zero-order chi connectivity index (χ0) is 16.8. The van der Waals surface area contributed by atoms with Crippen LogP contribution in [0.2, 0.25) is 0 Å². The summed E-state index contributed by atoms with van der Waals surface area (Å²) in [7, 11) is 1.52. The van der Waals surface area contributed by atoms with Gasteiger partial charge < -0.3 is 10.1 Å². The highest BCUT2D eigenvalue weighted by molar-refractivity contribution is 5.97. The van der Waals surface area contributed by atoms with E-state index in [0.717, 1.165) is 16.7 Å². The van der Waals surface area contributed by atoms with Gasteiger partial charge in [-0.25, -0.2) is 4.98 Å². The van der Waals surface area contributed by atoms with Gasteiger partial charge in [-0.05, 0) is 23.3 Å². The Hall–Kier alpha value is -2.98. The van der Waals surface area contributed by atoms with Crippen molar-refractivity contribution in [3.8, 4) is 11.1 Å². The Labute approximate surface area is 141 Å². The van der Waals surface area contributed by atoms with Crippen LogP contribution in [0.3, 0.4) is 0 Å². The van der Waals surface area contributed by atoms with Crippen LogP contribution in [0.4, 0.5) is 5.82 Å². The Morgan fingerprint density at radius 2 is 1.62 bits per heavy atom. The predicted octanol–water partition coefficient (Wildman–Crippen LogP) is 4.07. The molecule has 0 fully saturated rings. The van der Waals surface area contributed by atoms with Gasteiger partial charge in [0.1, 0.15) is 5.82 Å². The molecule has 24 heavy (non-hydrogen) atoms. The number of anilines is 1. The molecule has 0 unspecified atom stereocenters. The molecular weight excluding hydrogens is 300 g/mol. The van der Waals surface area contributed by atoms with E-state index < -0.39 is 6.10 Å². The number of carbonyl (C=O) groups excluding carboxylic acids is 1. The SMILES string of the molecule is CO[C@H](C(=O)Nc1ncccc1-c1ccccc1)c1ccccc1. The number of nitrogens with one attached hydrogen (secondary N) is 1. The maximum atomic E-state index is 12.7. The predicted molar refractivity (Wildman–Crippen MR) is 94.5 cm³/mol. The van der Waals surface area contributed by atoms with E-state index in [1.54, 1.807) is 6.20 Å². The number of pyridine rings is 1. The van der Waals surface area contributed by atoms with Crippen LogP contribution >= 0.6 is 0 Å². The fraction of sp³-hybridized carbons (Fsp3) is 0.100. The summed E-state index contributed by atoms with van der Waals surface area (Å²) in [5.41, 5.74) is 2.67. The summed E-state index contributed by atoms with van der Waals surface area (Å²) in [5.74, 6) is 0.270. The number of aromatic nitrogens is 1. The Kier molecular flexibility index (Phi) is 4.99. The van der Waals surface area contributed by atoms with Gasteiger partial charge in [-0.1, -0.05) is 60.7 Å². The van der Waals surface area contributed by atoms with Crippen molar-refractivity contribution in [1.29, 1.82) is 0 Å². The van der Waals surface area contributed by atoms with Gasteiger partial charge in [0.15, 0.2) is 6.10 Å². The number of ether oxygens (including phenoxy) is 1. The van der Waals surface area contributed by atoms with Gasteiger partial charge in [0, 0.05) is 18.9 Å². The lowest BCUT2D eigenvalue weighted by Crippen LogP contribution is -2.23. The monoisotopic (exact) mass is 318 g/mol. The van der Waals surface area contributed by atoms with Crippen LogP contribution in [-0.2, 0) is 9.53 Å². The van der Waals surface area contributed by atoms with Crippen molar-refractivity contribution in [2.75, 3.05) is 12.4 Å². The minimum atomic E-state index is -0.683. The molecule has 4 nitrogen and oxygen atoms in total. The van der Waals surface area contributed by atoms with Gasteiger partial charge in [-0.2, -0.15) is 0 Å². The van der Waals surface area contributed by atoms with E-state index in [-0.39, 0.29) is 5.91 Å². The number of amides is 1. The molecule has 0 aliphatic carbocycles. The molecule has 1 atom stereocenters. The van der Waals surface area contributed by atoms with Crippen LogP contribution < -0.4 is 5.32 Å². The number of hydrogen-bond donors (Lipinski definition) is 1. The lowest BCUT2D eigenvalue weighted by molar-refractivity contribution is -0.126. The van der Waals surface area contributed by atoms with Crippen LogP contribution in [0.15, 0.2) is 79.0 Å². The van der Waals surface area contributed by atoms with Crippen molar-refractivity contribution in [3.63, 3.8) is 0 Å². The molecule has 120 valence electrons. The van der Waals surface area contributed by atoms with Crippen molar-refractivity contribution in [3.05, 3.63) is 84.6 Å². The molecule has 1 N–H and O–H groups in total. The normalized spacial score (nSPS) is 11.7. The van der Waals surface area contributed by atoms with Crippen molar-refractivity contribution in [2.24, 2.45) is 0 Å². The quantitative estimate of drug-likeness (QED) is 0.771. The number of benzene rings is 2. The maximum absolute atomic E-state index is 12.7. The number of rotatable bonds is 5. The first-order chi connectivity index (χ1) is 11.8. The number of carbonyl (C=O) groups is 1. The Balaban J connectivity index is 1.87. The fourth-order valence-corrected chi connectivity index (χ4v) is 2.56. The first-order valence-electron chi connectivity index (χ1n) is 7.68. The van der Waals surface area contributed by atoms with E-state index >= 15 is 0 Å². The number of nitrogens with zero attached hydrogens (tertiary/aromatic N) is 1. The molecule has 1 heterocycles. The molecule has 0 aliphatic rings. The summed E-state index contributed by atoms with van der Waals surface area (Å²) < 4.78 is 5.38. The second-order valence-corrected chi connectivity index (χ2v) is 5.28. The molecule has 0 bridgehead atoms. The zero-order valence-corrected chi connectivity index (χ0v) is 13.3. The first-order valence-corrected chi connectivity index (χ1v) is 7.68. The molecule has 0 saturated heterocycles. The summed E-state index contributed by atoms with van der Waals surface area (Å²) in [6.07, 6.45) is 0.976. The largest absolute Gasteiger partial charge is 0.367 e. The van der Waals surface area contributed by atoms with Gasteiger partial charge in [-0.15, -0.1) is 0 Å². The minimum Gasteiger partial charge on any atom is -0.367 e. The Bertz CT molecular complexity index is 804. The number of hydrogen-bond acceptors (Lipinski definition) is 3. The van der Waals surface area contributed by atoms with Crippen LogP contribution in [0.5, 0.6) is 0 Å². The van der Waals surface area contributed by atoms with Gasteiger partial charge in [0.2, 0.25) is 0 Å². The van der Waals surface area contributed by atoms with Crippen LogP contribution in [0.25, 0.3) is 11.1 Å². The molecule has 0 saturated carbocycles. The third kappa shape index (κ3) is 3.50. The summed E-state index contributed by atoms with van der Waals surface area (Å²) in [5, 5.41) is 2.88. The zero-order valence-electron chi connectivity index (χ0n) is 13.3. The van der Waals surface area contributed by atoms with Crippen molar-refractivity contribution in [2.45, 2.75) is 6.10 Å². The maximum Gasteiger partial charge on any atom is 0.259 e. The van der Waals surface area contributed by atoms with Crippen molar-refractivity contribution < 1.29 is 9.53 Å². The lowest BCUT2D eigenvalue weighted by atomic mass is 10.1. The van der Waals surface area contributed by atoms with Crippen molar-refractivity contribution in [1.82, 2.24) is 4.98 Å². The molecule has 0 spiro atoms. The third-order valence-corrected chi connectivity index (χ3v) is 3.71. The minimum absolute atomic E-state index is 0.250. The highest BCUT2D eigenvalue weighted by Gasteiger charge is 2.21. The highest BCUT2D eigenvalue weighted by Crippen LogP contribution is 2.27. The summed E-state index contributed by atoms with van der Waals surface area (Å²) >= 11 is 0. The summed E-state index contributed by atoms with van der Waals surface area (Å²) in [4.78, 5) is 17.0. The van der Waals surface area contributed by atoms with Gasteiger partial charge in [0.05, 0.1) is 0 Å². The molecule has 2 aromatic carbocycles. The van der Waals surface area contributed by atoms with Gasteiger partial charge >= 0.3 is 0 Å². The Morgan fingerprint density at radius 3 is 2.29 bits per heavy atom. The van der Waals surface area contributed by atoms with Crippen LogP contribution in [0.1, 0.15) is 11.7 Å².